The van der Waals surface area contributed by atoms with E-state index in [-0.39, 0.29) is 7.92 Å². The van der Waals surface area contributed by atoms with Crippen molar-refractivity contribution in [1.29, 1.82) is 0 Å². The minimum Gasteiger partial charge on any atom is -0.109 e. The highest BCUT2D eigenvalue weighted by Crippen LogP contribution is 2.74. The van der Waals surface area contributed by atoms with Crippen LogP contribution in [0.15, 0.2) is 48.5 Å². The Kier molecular flexibility index (Phi) is 6.26. The molecule has 2 heteroatoms. The molecule has 0 N–H and O–H groups in total. The fourth-order valence-electron chi connectivity index (χ4n) is 4.04. The van der Waals surface area contributed by atoms with E-state index in [0.717, 1.165) is 25.8 Å². The van der Waals surface area contributed by atoms with Gasteiger partial charge in [0.2, 0.25) is 0 Å². The zero-order chi connectivity index (χ0) is 18.9. The van der Waals surface area contributed by atoms with Crippen LogP contribution < -0.4 is 0 Å². The lowest BCUT2D eigenvalue weighted by atomic mass is 9.98. The van der Waals surface area contributed by atoms with Gasteiger partial charge < -0.3 is 0 Å². The summed E-state index contributed by atoms with van der Waals surface area (Å²) in [7, 11) is 1.06. The summed E-state index contributed by atoms with van der Waals surface area (Å²) in [5, 5.41) is 0.432. The third kappa shape index (κ3) is 4.24. The first-order valence-electron chi connectivity index (χ1n) is 9.94. The van der Waals surface area contributed by atoms with E-state index in [2.05, 4.69) is 90.1 Å². The summed E-state index contributed by atoms with van der Waals surface area (Å²) in [5.41, 5.74) is 8.09. The van der Waals surface area contributed by atoms with Crippen molar-refractivity contribution in [3.63, 3.8) is 0 Å². The third-order valence-corrected chi connectivity index (χ3v) is 10.7. The van der Waals surface area contributed by atoms with Crippen LogP contribution in [0.1, 0.15) is 75.1 Å². The SMILES string of the molecule is CC(C)(C)P1Cc2ccccc2[C@H]1C1PCc2ccccc21.CC(C)C. The first-order chi connectivity index (χ1) is 12.3. The fraction of sp³-hybridized carbons (Fsp3) is 0.500. The van der Waals surface area contributed by atoms with Gasteiger partial charge in [-0.15, -0.1) is 8.58 Å². The van der Waals surface area contributed by atoms with Gasteiger partial charge in [-0.1, -0.05) is 98.0 Å². The van der Waals surface area contributed by atoms with Crippen LogP contribution in [0.5, 0.6) is 0 Å². The maximum atomic E-state index is 2.46. The molecular weight excluding hydrogens is 350 g/mol. The number of rotatable bonds is 1. The van der Waals surface area contributed by atoms with Crippen LogP contribution in [0.4, 0.5) is 0 Å². The molecule has 3 unspecified atom stereocenters. The number of hydrogen-bond acceptors (Lipinski definition) is 0. The third-order valence-electron chi connectivity index (χ3n) is 5.13. The lowest BCUT2D eigenvalue weighted by Gasteiger charge is -2.36. The summed E-state index contributed by atoms with van der Waals surface area (Å²) < 4.78 is 0. The van der Waals surface area contributed by atoms with Gasteiger partial charge in [-0.25, -0.2) is 0 Å². The van der Waals surface area contributed by atoms with Gasteiger partial charge in [-0.3, -0.25) is 0 Å². The van der Waals surface area contributed by atoms with Crippen molar-refractivity contribution >= 4 is 16.5 Å². The van der Waals surface area contributed by atoms with E-state index in [1.165, 1.54) is 12.3 Å². The highest BCUT2D eigenvalue weighted by Gasteiger charge is 2.44. The molecule has 2 aliphatic heterocycles. The van der Waals surface area contributed by atoms with Crippen molar-refractivity contribution in [2.45, 2.75) is 70.3 Å². The second-order valence-corrected chi connectivity index (χ2v) is 13.8. The van der Waals surface area contributed by atoms with E-state index in [0.29, 0.717) is 5.16 Å². The minimum atomic E-state index is -0.00498. The molecule has 2 aromatic carbocycles. The molecule has 2 aliphatic rings. The van der Waals surface area contributed by atoms with Gasteiger partial charge in [0, 0.05) is 11.3 Å². The maximum absolute atomic E-state index is 2.46. The standard InChI is InChI=1S/C20H24P2.C4H10/c1-20(2,3)22-13-15-9-5-7-11-17(15)19(22)18-16-10-6-4-8-14(16)12-21-18;1-4(2)3/h4-11,18-19,21H,12-13H2,1-3H3;4H,1-3H3/t18?,19-,22?;/m0./s1. The van der Waals surface area contributed by atoms with E-state index in [1.54, 1.807) is 22.3 Å². The summed E-state index contributed by atoms with van der Waals surface area (Å²) in [4.78, 5) is 0. The van der Waals surface area contributed by atoms with Crippen molar-refractivity contribution in [3.8, 4) is 0 Å². The predicted octanol–water partition coefficient (Wildman–Crippen LogP) is 8.12. The van der Waals surface area contributed by atoms with Crippen LogP contribution in [0, 0.1) is 5.92 Å². The average Bonchev–Trinajstić information content (AvgIpc) is 3.14. The second-order valence-electron chi connectivity index (χ2n) is 9.23. The number of hydrogen-bond donors (Lipinski definition) is 0. The highest BCUT2D eigenvalue weighted by molar-refractivity contribution is 7.60. The smallest absolute Gasteiger partial charge is 0.0158 e. The molecule has 0 spiro atoms. The van der Waals surface area contributed by atoms with Crippen LogP contribution in [-0.2, 0) is 12.3 Å². The Bertz CT molecular complexity index is 739. The van der Waals surface area contributed by atoms with Crippen LogP contribution in [-0.4, -0.2) is 5.16 Å². The number of fused-ring (bicyclic) bond motifs is 2. The monoisotopic (exact) mass is 384 g/mol. The summed E-state index contributed by atoms with van der Waals surface area (Å²) in [6.45, 7) is 13.9. The van der Waals surface area contributed by atoms with E-state index in [9.17, 15) is 0 Å². The molecule has 4 rings (SSSR count). The Hall–Kier alpha value is -0.700. The van der Waals surface area contributed by atoms with Crippen LogP contribution in [0.3, 0.4) is 0 Å². The molecule has 0 radical (unpaired) electrons. The van der Waals surface area contributed by atoms with E-state index < -0.39 is 0 Å². The average molecular weight is 384 g/mol. The van der Waals surface area contributed by atoms with Gasteiger partial charge in [-0.05, 0) is 45.7 Å². The molecule has 0 aliphatic carbocycles. The van der Waals surface area contributed by atoms with Gasteiger partial charge in [0.15, 0.2) is 0 Å². The Morgan fingerprint density at radius 2 is 1.42 bits per heavy atom. The van der Waals surface area contributed by atoms with E-state index in [1.807, 2.05) is 0 Å². The fourth-order valence-corrected chi connectivity index (χ4v) is 9.83. The summed E-state index contributed by atoms with van der Waals surface area (Å²) in [5.74, 6) is 0.833. The van der Waals surface area contributed by atoms with E-state index >= 15 is 0 Å². The lowest BCUT2D eigenvalue weighted by molar-refractivity contribution is 0.737. The predicted molar refractivity (Wildman–Crippen MR) is 121 cm³/mol. The quantitative estimate of drug-likeness (QED) is 0.436. The Balaban J connectivity index is 0.000000447. The van der Waals surface area contributed by atoms with Crippen molar-refractivity contribution in [2.24, 2.45) is 5.92 Å². The molecule has 2 aromatic rings. The molecule has 0 fully saturated rings. The Morgan fingerprint density at radius 3 is 2.04 bits per heavy atom. The van der Waals surface area contributed by atoms with Crippen molar-refractivity contribution < 1.29 is 0 Å². The van der Waals surface area contributed by atoms with Gasteiger partial charge in [0.05, 0.1) is 0 Å². The maximum Gasteiger partial charge on any atom is 0.0158 e. The van der Waals surface area contributed by atoms with Gasteiger partial charge in [-0.2, -0.15) is 0 Å². The van der Waals surface area contributed by atoms with Gasteiger partial charge >= 0.3 is 0 Å². The first kappa shape index (κ1) is 20.0. The summed E-state index contributed by atoms with van der Waals surface area (Å²) >= 11 is 0. The zero-order valence-corrected chi connectivity index (χ0v) is 19.1. The Labute approximate surface area is 163 Å². The molecule has 140 valence electrons. The Morgan fingerprint density at radius 1 is 0.885 bits per heavy atom. The summed E-state index contributed by atoms with van der Waals surface area (Å²) in [6, 6.07) is 18.5. The largest absolute Gasteiger partial charge is 0.109 e. The molecule has 2 heterocycles. The minimum absolute atomic E-state index is 0.00498. The molecular formula is C24H34P2. The van der Waals surface area contributed by atoms with Crippen LogP contribution in [0.25, 0.3) is 0 Å². The van der Waals surface area contributed by atoms with Crippen LogP contribution in [0.2, 0.25) is 0 Å². The topological polar surface area (TPSA) is 0 Å². The summed E-state index contributed by atoms with van der Waals surface area (Å²) in [6.07, 6.45) is 2.62. The van der Waals surface area contributed by atoms with Gasteiger partial charge in [0.1, 0.15) is 0 Å². The molecule has 4 atom stereocenters. The van der Waals surface area contributed by atoms with Crippen molar-refractivity contribution in [2.75, 3.05) is 0 Å². The van der Waals surface area contributed by atoms with Crippen LogP contribution >= 0.6 is 16.5 Å². The lowest BCUT2D eigenvalue weighted by Crippen LogP contribution is -2.16. The van der Waals surface area contributed by atoms with E-state index in [4.69, 9.17) is 0 Å². The molecule has 0 amide bonds. The molecule has 0 bridgehead atoms. The van der Waals surface area contributed by atoms with Crippen molar-refractivity contribution in [1.82, 2.24) is 0 Å². The van der Waals surface area contributed by atoms with Gasteiger partial charge in [0.25, 0.3) is 0 Å². The molecule has 0 aromatic heterocycles. The molecule has 0 nitrogen and oxygen atoms in total. The molecule has 26 heavy (non-hydrogen) atoms. The first-order valence-corrected chi connectivity index (χ1v) is 12.8. The molecule has 0 saturated heterocycles. The number of benzene rings is 2. The highest BCUT2D eigenvalue weighted by atomic mass is 31.1. The van der Waals surface area contributed by atoms with Crippen molar-refractivity contribution in [3.05, 3.63) is 70.8 Å². The zero-order valence-electron chi connectivity index (χ0n) is 17.2. The molecule has 0 saturated carbocycles. The normalized spacial score (nSPS) is 25.0. The second kappa shape index (κ2) is 8.12.